The van der Waals surface area contributed by atoms with Gasteiger partial charge in [-0.1, -0.05) is 30.3 Å². The number of aromatic nitrogens is 2. The summed E-state index contributed by atoms with van der Waals surface area (Å²) in [5.41, 5.74) is 1.75. The van der Waals surface area contributed by atoms with Crippen molar-refractivity contribution < 1.29 is 14.1 Å². The molecule has 0 spiro atoms. The van der Waals surface area contributed by atoms with Crippen LogP contribution in [0.5, 0.6) is 0 Å². The minimum Gasteiger partial charge on any atom is -0.319 e. The summed E-state index contributed by atoms with van der Waals surface area (Å²) >= 11 is 0. The first-order valence-corrected chi connectivity index (χ1v) is 8.99. The molecular weight excluding hydrogens is 387 g/mol. The molecule has 0 aliphatic carbocycles. The van der Waals surface area contributed by atoms with Crippen LogP contribution in [-0.4, -0.2) is 20.6 Å². The lowest BCUT2D eigenvalue weighted by Crippen LogP contribution is -2.13. The molecule has 0 fully saturated rings. The quantitative estimate of drug-likeness (QED) is 0.382. The molecule has 1 N–H and O–H groups in total. The van der Waals surface area contributed by atoms with Crippen molar-refractivity contribution in [1.82, 2.24) is 9.78 Å². The van der Waals surface area contributed by atoms with Crippen molar-refractivity contribution in [3.63, 3.8) is 0 Å². The first kappa shape index (κ1) is 19.0. The Kier molecular flexibility index (Phi) is 5.04. The molecule has 1 aromatic heterocycles. The minimum absolute atomic E-state index is 0.0459. The lowest BCUT2D eigenvalue weighted by Gasteiger charge is -2.06. The summed E-state index contributed by atoms with van der Waals surface area (Å²) in [7, 11) is 0. The van der Waals surface area contributed by atoms with Crippen molar-refractivity contribution in [3.8, 4) is 16.9 Å². The van der Waals surface area contributed by atoms with E-state index in [2.05, 4.69) is 10.4 Å². The molecule has 4 aromatic rings. The SMILES string of the molecule is O=C(Nc1ccccc1F)c1cn(-c2ccccc2)nc1-c1ccc([N+](=O)[O-])cc1. The Morgan fingerprint density at radius 3 is 2.30 bits per heavy atom. The number of nitro benzene ring substituents is 1. The number of rotatable bonds is 5. The van der Waals surface area contributed by atoms with E-state index in [1.807, 2.05) is 30.3 Å². The minimum atomic E-state index is -0.557. The number of anilines is 1. The third kappa shape index (κ3) is 3.79. The molecule has 0 saturated heterocycles. The lowest BCUT2D eigenvalue weighted by atomic mass is 10.1. The number of carbonyl (C=O) groups excluding carboxylic acids is 1. The second-order valence-corrected chi connectivity index (χ2v) is 6.41. The van der Waals surface area contributed by atoms with E-state index in [1.54, 1.807) is 12.3 Å². The molecule has 1 amide bonds. The maximum Gasteiger partial charge on any atom is 0.269 e. The first-order chi connectivity index (χ1) is 14.5. The zero-order chi connectivity index (χ0) is 21.1. The normalized spacial score (nSPS) is 10.6. The van der Waals surface area contributed by atoms with E-state index in [0.717, 1.165) is 5.69 Å². The van der Waals surface area contributed by atoms with Gasteiger partial charge < -0.3 is 5.32 Å². The van der Waals surface area contributed by atoms with Crippen LogP contribution in [0.4, 0.5) is 15.8 Å². The number of nitrogens with zero attached hydrogens (tertiary/aromatic N) is 3. The fraction of sp³-hybridized carbons (Fsp3) is 0. The van der Waals surface area contributed by atoms with Crippen LogP contribution < -0.4 is 5.32 Å². The highest BCUT2D eigenvalue weighted by molar-refractivity contribution is 6.08. The molecule has 1 heterocycles. The summed E-state index contributed by atoms with van der Waals surface area (Å²) in [6.07, 6.45) is 1.54. The largest absolute Gasteiger partial charge is 0.319 e. The summed E-state index contributed by atoms with van der Waals surface area (Å²) in [6.45, 7) is 0. The Balaban J connectivity index is 1.77. The summed E-state index contributed by atoms with van der Waals surface area (Å²) in [5, 5.41) is 18.0. The monoisotopic (exact) mass is 402 g/mol. The number of nitro groups is 1. The van der Waals surface area contributed by atoms with E-state index in [9.17, 15) is 19.3 Å². The summed E-state index contributed by atoms with van der Waals surface area (Å²) in [5.74, 6) is -1.10. The van der Waals surface area contributed by atoms with Crippen molar-refractivity contribution >= 4 is 17.3 Å². The Hall–Kier alpha value is -4.33. The van der Waals surface area contributed by atoms with Gasteiger partial charge in [-0.3, -0.25) is 14.9 Å². The maximum atomic E-state index is 14.0. The highest BCUT2D eigenvalue weighted by atomic mass is 19.1. The molecule has 0 atom stereocenters. The van der Waals surface area contributed by atoms with Crippen molar-refractivity contribution in [2.75, 3.05) is 5.32 Å². The second-order valence-electron chi connectivity index (χ2n) is 6.41. The van der Waals surface area contributed by atoms with Gasteiger partial charge in [-0.05, 0) is 36.4 Å². The molecule has 0 aliphatic heterocycles. The van der Waals surface area contributed by atoms with Gasteiger partial charge in [0.2, 0.25) is 0 Å². The average molecular weight is 402 g/mol. The zero-order valence-electron chi connectivity index (χ0n) is 15.5. The van der Waals surface area contributed by atoms with E-state index >= 15 is 0 Å². The molecule has 0 bridgehead atoms. The number of hydrogen-bond donors (Lipinski definition) is 1. The first-order valence-electron chi connectivity index (χ1n) is 8.99. The average Bonchev–Trinajstić information content (AvgIpc) is 3.22. The number of nitrogens with one attached hydrogen (secondary N) is 1. The second kappa shape index (κ2) is 7.96. The highest BCUT2D eigenvalue weighted by Gasteiger charge is 2.20. The summed E-state index contributed by atoms with van der Waals surface area (Å²) in [4.78, 5) is 23.4. The molecule has 8 heteroatoms. The van der Waals surface area contributed by atoms with Gasteiger partial charge in [-0.2, -0.15) is 5.10 Å². The Labute approximate surface area is 170 Å². The molecule has 30 heavy (non-hydrogen) atoms. The van der Waals surface area contributed by atoms with E-state index in [1.165, 1.54) is 47.1 Å². The van der Waals surface area contributed by atoms with Gasteiger partial charge in [0, 0.05) is 23.9 Å². The standard InChI is InChI=1S/C22H15FN4O3/c23-19-8-4-5-9-20(19)24-22(28)18-14-26(16-6-2-1-3-7-16)25-21(18)15-10-12-17(13-11-15)27(29)30/h1-14H,(H,24,28). The van der Waals surface area contributed by atoms with Crippen molar-refractivity contribution in [1.29, 1.82) is 0 Å². The van der Waals surface area contributed by atoms with Gasteiger partial charge in [-0.15, -0.1) is 0 Å². The molecule has 4 rings (SSSR count). The molecule has 0 aliphatic rings. The number of para-hydroxylation sites is 2. The van der Waals surface area contributed by atoms with Crippen LogP contribution in [0.15, 0.2) is 85.1 Å². The van der Waals surface area contributed by atoms with E-state index < -0.39 is 16.6 Å². The van der Waals surface area contributed by atoms with E-state index in [0.29, 0.717) is 11.3 Å². The number of non-ortho nitro benzene ring substituents is 1. The Bertz CT molecular complexity index is 1220. The third-order valence-electron chi connectivity index (χ3n) is 4.45. The van der Waals surface area contributed by atoms with Crippen LogP contribution in [0, 0.1) is 15.9 Å². The number of benzene rings is 3. The summed E-state index contributed by atoms with van der Waals surface area (Å²) < 4.78 is 15.5. The van der Waals surface area contributed by atoms with Gasteiger partial charge in [0.05, 0.1) is 21.9 Å². The molecule has 7 nitrogen and oxygen atoms in total. The van der Waals surface area contributed by atoms with Crippen LogP contribution >= 0.6 is 0 Å². The maximum absolute atomic E-state index is 14.0. The van der Waals surface area contributed by atoms with Gasteiger partial charge in [0.1, 0.15) is 11.5 Å². The number of carbonyl (C=O) groups is 1. The van der Waals surface area contributed by atoms with Gasteiger partial charge >= 0.3 is 0 Å². The number of amides is 1. The lowest BCUT2D eigenvalue weighted by molar-refractivity contribution is -0.384. The van der Waals surface area contributed by atoms with Crippen LogP contribution in [-0.2, 0) is 0 Å². The summed E-state index contributed by atoms with van der Waals surface area (Å²) in [6, 6.07) is 20.8. The number of halogens is 1. The Morgan fingerprint density at radius 2 is 1.63 bits per heavy atom. The smallest absolute Gasteiger partial charge is 0.269 e. The van der Waals surface area contributed by atoms with Crippen LogP contribution in [0.1, 0.15) is 10.4 Å². The Morgan fingerprint density at radius 1 is 0.967 bits per heavy atom. The molecule has 3 aromatic carbocycles. The third-order valence-corrected chi connectivity index (χ3v) is 4.45. The van der Waals surface area contributed by atoms with Crippen molar-refractivity contribution in [2.24, 2.45) is 0 Å². The predicted octanol–water partition coefficient (Wildman–Crippen LogP) is 4.84. The van der Waals surface area contributed by atoms with Gasteiger partial charge in [-0.25, -0.2) is 9.07 Å². The van der Waals surface area contributed by atoms with Crippen LogP contribution in [0.25, 0.3) is 16.9 Å². The zero-order valence-corrected chi connectivity index (χ0v) is 15.5. The highest BCUT2D eigenvalue weighted by Crippen LogP contribution is 2.27. The topological polar surface area (TPSA) is 90.1 Å². The molecule has 148 valence electrons. The van der Waals surface area contributed by atoms with Crippen molar-refractivity contribution in [3.05, 3.63) is 107 Å². The fourth-order valence-electron chi connectivity index (χ4n) is 2.96. The van der Waals surface area contributed by atoms with Gasteiger partial charge in [0.15, 0.2) is 0 Å². The van der Waals surface area contributed by atoms with Crippen LogP contribution in [0.2, 0.25) is 0 Å². The van der Waals surface area contributed by atoms with Crippen LogP contribution in [0.3, 0.4) is 0 Å². The molecule has 0 unspecified atom stereocenters. The van der Waals surface area contributed by atoms with Gasteiger partial charge in [0.25, 0.3) is 11.6 Å². The van der Waals surface area contributed by atoms with Crippen molar-refractivity contribution in [2.45, 2.75) is 0 Å². The predicted molar refractivity (Wildman–Crippen MR) is 110 cm³/mol. The molecule has 0 radical (unpaired) electrons. The van der Waals surface area contributed by atoms with E-state index in [-0.39, 0.29) is 16.9 Å². The van der Waals surface area contributed by atoms with E-state index in [4.69, 9.17) is 0 Å². The fourth-order valence-corrected chi connectivity index (χ4v) is 2.96. The molecular formula is C22H15FN4O3. The number of hydrogen-bond acceptors (Lipinski definition) is 4. The molecule has 0 saturated carbocycles.